The summed E-state index contributed by atoms with van der Waals surface area (Å²) < 4.78 is 39.3. The normalized spacial score (nSPS) is 12.0. The standard InChI is InChI=1S/C15H11F3N2S/c16-15(17,18)11-3-1-2-10-6-13(21-14(10)11)12-5-4-9(7-19)8-20-12/h1-6,8H,7,19H2. The first-order valence-electron chi connectivity index (χ1n) is 6.24. The molecule has 0 aliphatic carbocycles. The maximum atomic E-state index is 13.0. The topological polar surface area (TPSA) is 38.9 Å². The molecular weight excluding hydrogens is 297 g/mol. The van der Waals surface area contributed by atoms with Gasteiger partial charge in [0.15, 0.2) is 0 Å². The monoisotopic (exact) mass is 308 g/mol. The van der Waals surface area contributed by atoms with Crippen molar-refractivity contribution < 1.29 is 13.2 Å². The average molecular weight is 308 g/mol. The molecule has 2 aromatic heterocycles. The highest BCUT2D eigenvalue weighted by Crippen LogP contribution is 2.41. The summed E-state index contributed by atoms with van der Waals surface area (Å²) in [5.41, 5.74) is 6.44. The van der Waals surface area contributed by atoms with Crippen LogP contribution in [0.1, 0.15) is 11.1 Å². The molecule has 0 aliphatic rings. The highest BCUT2D eigenvalue weighted by molar-refractivity contribution is 7.22. The van der Waals surface area contributed by atoms with E-state index in [2.05, 4.69) is 4.98 Å². The third-order valence-electron chi connectivity index (χ3n) is 3.16. The van der Waals surface area contributed by atoms with Gasteiger partial charge >= 0.3 is 6.18 Å². The zero-order chi connectivity index (χ0) is 15.0. The van der Waals surface area contributed by atoms with Gasteiger partial charge in [-0.05, 0) is 29.1 Å². The minimum atomic E-state index is -4.35. The molecule has 0 aliphatic heterocycles. The Hall–Kier alpha value is -1.92. The fourth-order valence-electron chi connectivity index (χ4n) is 2.10. The largest absolute Gasteiger partial charge is 0.417 e. The van der Waals surface area contributed by atoms with Crippen LogP contribution in [0, 0.1) is 0 Å². The van der Waals surface area contributed by atoms with Gasteiger partial charge in [-0.3, -0.25) is 4.98 Å². The summed E-state index contributed by atoms with van der Waals surface area (Å²) >= 11 is 1.10. The van der Waals surface area contributed by atoms with Crippen LogP contribution in [0.25, 0.3) is 20.7 Å². The lowest BCUT2D eigenvalue weighted by Gasteiger charge is -2.06. The summed E-state index contributed by atoms with van der Waals surface area (Å²) in [6.45, 7) is 0.387. The molecule has 3 aromatic rings. The Morgan fingerprint density at radius 2 is 1.95 bits per heavy atom. The molecule has 0 bridgehead atoms. The number of aromatic nitrogens is 1. The summed E-state index contributed by atoms with van der Waals surface area (Å²) in [7, 11) is 0. The number of nitrogens with two attached hydrogens (primary N) is 1. The van der Waals surface area contributed by atoms with Crippen molar-refractivity contribution in [2.75, 3.05) is 0 Å². The third-order valence-corrected chi connectivity index (χ3v) is 4.37. The van der Waals surface area contributed by atoms with Crippen LogP contribution in [-0.2, 0) is 12.7 Å². The molecule has 2 heterocycles. The van der Waals surface area contributed by atoms with E-state index in [0.29, 0.717) is 22.5 Å². The number of benzene rings is 1. The molecule has 0 atom stereocenters. The molecule has 2 N–H and O–H groups in total. The lowest BCUT2D eigenvalue weighted by atomic mass is 10.1. The molecule has 0 saturated heterocycles. The summed E-state index contributed by atoms with van der Waals surface area (Å²) in [6, 6.07) is 9.55. The Balaban J connectivity index is 2.12. The van der Waals surface area contributed by atoms with Gasteiger partial charge in [0.1, 0.15) is 0 Å². The number of hydrogen-bond donors (Lipinski definition) is 1. The molecular formula is C15H11F3N2S. The number of pyridine rings is 1. The molecule has 0 radical (unpaired) electrons. The minimum absolute atomic E-state index is 0.240. The van der Waals surface area contributed by atoms with Gasteiger partial charge in [-0.15, -0.1) is 11.3 Å². The maximum Gasteiger partial charge on any atom is 0.417 e. The number of nitrogens with zero attached hydrogens (tertiary/aromatic N) is 1. The van der Waals surface area contributed by atoms with Crippen LogP contribution in [0.5, 0.6) is 0 Å². The van der Waals surface area contributed by atoms with Crippen LogP contribution in [-0.4, -0.2) is 4.98 Å². The quantitative estimate of drug-likeness (QED) is 0.760. The van der Waals surface area contributed by atoms with Crippen molar-refractivity contribution in [1.82, 2.24) is 4.98 Å². The first-order valence-corrected chi connectivity index (χ1v) is 7.06. The Morgan fingerprint density at radius 1 is 1.14 bits per heavy atom. The maximum absolute atomic E-state index is 13.0. The number of fused-ring (bicyclic) bond motifs is 1. The van der Waals surface area contributed by atoms with E-state index in [1.165, 1.54) is 6.07 Å². The Morgan fingerprint density at radius 3 is 2.57 bits per heavy atom. The molecule has 1 aromatic carbocycles. The summed E-state index contributed by atoms with van der Waals surface area (Å²) in [4.78, 5) is 4.97. The van der Waals surface area contributed by atoms with Crippen molar-refractivity contribution in [3.05, 3.63) is 53.7 Å². The zero-order valence-electron chi connectivity index (χ0n) is 10.8. The van der Waals surface area contributed by atoms with Crippen molar-refractivity contribution in [2.24, 2.45) is 5.73 Å². The van der Waals surface area contributed by atoms with Crippen LogP contribution < -0.4 is 5.73 Å². The van der Waals surface area contributed by atoms with Gasteiger partial charge in [0.05, 0.1) is 16.1 Å². The smallest absolute Gasteiger partial charge is 0.326 e. The van der Waals surface area contributed by atoms with Crippen LogP contribution in [0.3, 0.4) is 0 Å². The van der Waals surface area contributed by atoms with Gasteiger partial charge < -0.3 is 5.73 Å². The minimum Gasteiger partial charge on any atom is -0.326 e. The molecule has 0 spiro atoms. The number of halogens is 3. The molecule has 108 valence electrons. The lowest BCUT2D eigenvalue weighted by Crippen LogP contribution is -2.04. The molecule has 0 amide bonds. The zero-order valence-corrected chi connectivity index (χ0v) is 11.6. The van der Waals surface area contributed by atoms with Crippen molar-refractivity contribution in [3.63, 3.8) is 0 Å². The van der Waals surface area contributed by atoms with Crippen LogP contribution in [0.2, 0.25) is 0 Å². The van der Waals surface area contributed by atoms with Gasteiger partial charge in [0, 0.05) is 17.4 Å². The van der Waals surface area contributed by atoms with Crippen molar-refractivity contribution >= 4 is 21.4 Å². The second-order valence-corrected chi connectivity index (χ2v) is 5.64. The van der Waals surface area contributed by atoms with E-state index in [1.54, 1.807) is 24.4 Å². The van der Waals surface area contributed by atoms with E-state index in [-0.39, 0.29) is 4.70 Å². The summed E-state index contributed by atoms with van der Waals surface area (Å²) in [6.07, 6.45) is -2.71. The van der Waals surface area contributed by atoms with Crippen LogP contribution in [0.4, 0.5) is 13.2 Å². The van der Waals surface area contributed by atoms with Crippen LogP contribution >= 0.6 is 11.3 Å². The van der Waals surface area contributed by atoms with E-state index >= 15 is 0 Å². The number of thiophene rings is 1. The molecule has 2 nitrogen and oxygen atoms in total. The molecule has 0 unspecified atom stereocenters. The Bertz CT molecular complexity index is 776. The summed E-state index contributed by atoms with van der Waals surface area (Å²) in [5, 5.41) is 0.578. The highest BCUT2D eigenvalue weighted by Gasteiger charge is 2.33. The predicted octanol–water partition coefficient (Wildman–Crippen LogP) is 4.44. The third kappa shape index (κ3) is 2.64. The van der Waals surface area contributed by atoms with Gasteiger partial charge in [-0.1, -0.05) is 18.2 Å². The average Bonchev–Trinajstić information content (AvgIpc) is 2.90. The SMILES string of the molecule is NCc1ccc(-c2cc3cccc(C(F)(F)F)c3s2)nc1. The fraction of sp³-hybridized carbons (Fsp3) is 0.133. The predicted molar refractivity (Wildman–Crippen MR) is 77.9 cm³/mol. The summed E-state index contributed by atoms with van der Waals surface area (Å²) in [5.74, 6) is 0. The number of alkyl halides is 3. The first kappa shape index (κ1) is 14.0. The van der Waals surface area contributed by atoms with E-state index in [1.807, 2.05) is 6.07 Å². The fourth-order valence-corrected chi connectivity index (χ4v) is 3.27. The lowest BCUT2D eigenvalue weighted by molar-refractivity contribution is -0.136. The van der Waals surface area contributed by atoms with Crippen molar-refractivity contribution in [2.45, 2.75) is 12.7 Å². The van der Waals surface area contributed by atoms with Gasteiger partial charge in [0.25, 0.3) is 0 Å². The Kier molecular flexibility index (Phi) is 3.43. The van der Waals surface area contributed by atoms with Gasteiger partial charge in [-0.2, -0.15) is 13.2 Å². The van der Waals surface area contributed by atoms with Crippen LogP contribution in [0.15, 0.2) is 42.6 Å². The second kappa shape index (κ2) is 5.13. The molecule has 0 saturated carbocycles. The van der Waals surface area contributed by atoms with Crippen molar-refractivity contribution in [3.8, 4) is 10.6 Å². The van der Waals surface area contributed by atoms with Gasteiger partial charge in [-0.25, -0.2) is 0 Å². The molecule has 21 heavy (non-hydrogen) atoms. The van der Waals surface area contributed by atoms with Crippen molar-refractivity contribution in [1.29, 1.82) is 0 Å². The highest BCUT2D eigenvalue weighted by atomic mass is 32.1. The molecule has 3 rings (SSSR count). The van der Waals surface area contributed by atoms with E-state index < -0.39 is 11.7 Å². The van der Waals surface area contributed by atoms with E-state index in [0.717, 1.165) is 23.0 Å². The number of hydrogen-bond acceptors (Lipinski definition) is 3. The first-order chi connectivity index (χ1) is 9.99. The van der Waals surface area contributed by atoms with Gasteiger partial charge in [0.2, 0.25) is 0 Å². The number of rotatable bonds is 2. The van der Waals surface area contributed by atoms with E-state index in [4.69, 9.17) is 5.73 Å². The second-order valence-electron chi connectivity index (χ2n) is 4.59. The molecule has 0 fully saturated rings. The Labute approximate surface area is 123 Å². The van der Waals surface area contributed by atoms with E-state index in [9.17, 15) is 13.2 Å². The molecule has 6 heteroatoms.